The fourth-order valence-corrected chi connectivity index (χ4v) is 2.19. The Kier molecular flexibility index (Phi) is 2.51. The summed E-state index contributed by atoms with van der Waals surface area (Å²) in [6.07, 6.45) is 3.63. The summed E-state index contributed by atoms with van der Waals surface area (Å²) in [5.74, 6) is -0.141. The van der Waals surface area contributed by atoms with Gasteiger partial charge in [0.1, 0.15) is 6.04 Å². The summed E-state index contributed by atoms with van der Waals surface area (Å²) in [5, 5.41) is 15.3. The number of carboxylic acids is 1. The van der Waals surface area contributed by atoms with E-state index in [1.807, 2.05) is 0 Å². The van der Waals surface area contributed by atoms with Crippen LogP contribution in [0.15, 0.2) is 0 Å². The second-order valence-electron chi connectivity index (χ2n) is 3.94. The van der Waals surface area contributed by atoms with Crippen molar-refractivity contribution < 1.29 is 9.90 Å². The molecule has 0 aromatic heterocycles. The lowest BCUT2D eigenvalue weighted by Crippen LogP contribution is -2.62. The minimum atomic E-state index is -0.718. The van der Waals surface area contributed by atoms with Crippen LogP contribution in [0.3, 0.4) is 0 Å². The Morgan fingerprint density at radius 1 is 1.23 bits per heavy atom. The van der Waals surface area contributed by atoms with Crippen LogP contribution in [0.1, 0.15) is 19.3 Å². The van der Waals surface area contributed by atoms with Gasteiger partial charge in [-0.3, -0.25) is 4.79 Å². The van der Waals surface area contributed by atoms with Crippen molar-refractivity contribution in [3.05, 3.63) is 0 Å². The molecule has 0 radical (unpaired) electrons. The molecular weight excluding hydrogens is 168 g/mol. The molecule has 1 saturated carbocycles. The topological polar surface area (TPSA) is 61.4 Å². The van der Waals surface area contributed by atoms with Crippen LogP contribution in [0.2, 0.25) is 0 Å². The third-order valence-electron chi connectivity index (χ3n) is 3.15. The van der Waals surface area contributed by atoms with Crippen molar-refractivity contribution in [3.8, 4) is 0 Å². The molecule has 0 aromatic carbocycles. The molecule has 13 heavy (non-hydrogen) atoms. The maximum Gasteiger partial charge on any atom is 0.322 e. The van der Waals surface area contributed by atoms with Crippen molar-refractivity contribution in [1.29, 1.82) is 0 Å². The molecule has 2 rings (SSSR count). The van der Waals surface area contributed by atoms with Crippen molar-refractivity contribution in [2.45, 2.75) is 31.3 Å². The summed E-state index contributed by atoms with van der Waals surface area (Å²) in [7, 11) is 0. The molecule has 0 spiro atoms. The number of carboxylic acid groups (broad SMARTS) is 1. The van der Waals surface area contributed by atoms with Gasteiger partial charge in [-0.1, -0.05) is 6.42 Å². The van der Waals surface area contributed by atoms with Crippen molar-refractivity contribution in [3.63, 3.8) is 0 Å². The highest BCUT2D eigenvalue weighted by molar-refractivity contribution is 5.74. The number of carbonyl (C=O) groups is 1. The minimum Gasteiger partial charge on any atom is -0.480 e. The fraction of sp³-hybridized carbons (Fsp3) is 0.889. The normalized spacial score (nSPS) is 35.4. The molecule has 2 fully saturated rings. The Balaban J connectivity index is 1.99. The van der Waals surface area contributed by atoms with Gasteiger partial charge >= 0.3 is 5.97 Å². The summed E-state index contributed by atoms with van der Waals surface area (Å²) < 4.78 is 0. The zero-order chi connectivity index (χ0) is 9.26. The van der Waals surface area contributed by atoms with E-state index in [0.717, 1.165) is 13.1 Å². The number of rotatable bonds is 2. The summed E-state index contributed by atoms with van der Waals surface area (Å²) in [6, 6.07) is -0.223. The van der Waals surface area contributed by atoms with Gasteiger partial charge in [0.05, 0.1) is 0 Å². The molecular formula is C9H16N2O2. The minimum absolute atomic E-state index is 0.153. The highest BCUT2D eigenvalue weighted by Crippen LogP contribution is 2.31. The Morgan fingerprint density at radius 2 is 1.92 bits per heavy atom. The molecule has 2 atom stereocenters. The van der Waals surface area contributed by atoms with Gasteiger partial charge in [0.2, 0.25) is 0 Å². The third-order valence-corrected chi connectivity index (χ3v) is 3.15. The lowest BCUT2D eigenvalue weighted by molar-refractivity contribution is -0.141. The fourth-order valence-electron chi connectivity index (χ4n) is 2.19. The van der Waals surface area contributed by atoms with Crippen LogP contribution in [0.4, 0.5) is 0 Å². The molecule has 74 valence electrons. The highest BCUT2D eigenvalue weighted by atomic mass is 16.4. The number of aliphatic carboxylic acids is 1. The van der Waals surface area contributed by atoms with Crippen LogP contribution in [0.25, 0.3) is 0 Å². The molecule has 0 aromatic rings. The van der Waals surface area contributed by atoms with Gasteiger partial charge < -0.3 is 15.7 Å². The van der Waals surface area contributed by atoms with E-state index in [4.69, 9.17) is 5.11 Å². The van der Waals surface area contributed by atoms with E-state index >= 15 is 0 Å². The molecule has 4 heteroatoms. The average Bonchev–Trinajstić information content (AvgIpc) is 2.02. The maximum atomic E-state index is 10.9. The highest BCUT2D eigenvalue weighted by Gasteiger charge is 2.38. The predicted octanol–water partition coefficient (Wildman–Crippen LogP) is -0.199. The van der Waals surface area contributed by atoms with Crippen molar-refractivity contribution >= 4 is 5.97 Å². The predicted molar refractivity (Wildman–Crippen MR) is 48.6 cm³/mol. The molecule has 0 bridgehead atoms. The summed E-state index contributed by atoms with van der Waals surface area (Å²) in [6.45, 7) is 1.66. The van der Waals surface area contributed by atoms with Gasteiger partial charge in [-0.15, -0.1) is 0 Å². The number of hydrogen-bond acceptors (Lipinski definition) is 3. The van der Waals surface area contributed by atoms with Gasteiger partial charge in [0.15, 0.2) is 0 Å². The van der Waals surface area contributed by atoms with Crippen molar-refractivity contribution in [2.75, 3.05) is 13.1 Å². The standard InChI is InChI=1S/C9H16N2O2/c12-9(13)8-7(6-2-1-3-6)10-4-5-11-8/h6-8,10-11H,1-5H2,(H,12,13). The first-order valence-electron chi connectivity index (χ1n) is 4.98. The smallest absolute Gasteiger partial charge is 0.322 e. The van der Waals surface area contributed by atoms with Crippen molar-refractivity contribution in [2.24, 2.45) is 5.92 Å². The van der Waals surface area contributed by atoms with E-state index in [-0.39, 0.29) is 12.1 Å². The third kappa shape index (κ3) is 1.69. The molecule has 4 nitrogen and oxygen atoms in total. The molecule has 1 aliphatic carbocycles. The van der Waals surface area contributed by atoms with Gasteiger partial charge in [-0.25, -0.2) is 0 Å². The summed E-state index contributed by atoms with van der Waals surface area (Å²) >= 11 is 0. The lowest BCUT2D eigenvalue weighted by atomic mass is 9.76. The van der Waals surface area contributed by atoms with Crippen LogP contribution >= 0.6 is 0 Å². The lowest BCUT2D eigenvalue weighted by Gasteiger charge is -2.40. The number of hydrogen-bond donors (Lipinski definition) is 3. The Labute approximate surface area is 77.7 Å². The molecule has 3 N–H and O–H groups in total. The van der Waals surface area contributed by atoms with E-state index < -0.39 is 5.97 Å². The second kappa shape index (κ2) is 3.64. The van der Waals surface area contributed by atoms with Gasteiger partial charge in [0, 0.05) is 19.1 Å². The van der Waals surface area contributed by atoms with Crippen LogP contribution in [-0.4, -0.2) is 36.2 Å². The summed E-state index contributed by atoms with van der Waals surface area (Å²) in [4.78, 5) is 10.9. The number of piperazine rings is 1. The van der Waals surface area contributed by atoms with Gasteiger partial charge in [0.25, 0.3) is 0 Å². The maximum absolute atomic E-state index is 10.9. The average molecular weight is 184 g/mol. The first-order chi connectivity index (χ1) is 6.29. The van der Waals surface area contributed by atoms with Gasteiger partial charge in [-0.2, -0.15) is 0 Å². The van der Waals surface area contributed by atoms with E-state index in [1.54, 1.807) is 0 Å². The molecule has 2 aliphatic rings. The zero-order valence-corrected chi connectivity index (χ0v) is 7.62. The Bertz CT molecular complexity index is 204. The van der Waals surface area contributed by atoms with Crippen LogP contribution in [0.5, 0.6) is 0 Å². The SMILES string of the molecule is O=C(O)C1NCCNC1C1CCC1. The first-order valence-corrected chi connectivity index (χ1v) is 4.98. The van der Waals surface area contributed by atoms with Crippen molar-refractivity contribution in [1.82, 2.24) is 10.6 Å². The Morgan fingerprint density at radius 3 is 2.46 bits per heavy atom. The second-order valence-corrected chi connectivity index (χ2v) is 3.94. The molecule has 2 unspecified atom stereocenters. The summed E-state index contributed by atoms with van der Waals surface area (Å²) in [5.41, 5.74) is 0. The van der Waals surface area contributed by atoms with Crippen LogP contribution in [-0.2, 0) is 4.79 Å². The largest absolute Gasteiger partial charge is 0.480 e. The van der Waals surface area contributed by atoms with E-state index in [1.165, 1.54) is 19.3 Å². The van der Waals surface area contributed by atoms with Crippen LogP contribution in [0, 0.1) is 5.92 Å². The van der Waals surface area contributed by atoms with E-state index in [0.29, 0.717) is 5.92 Å². The van der Waals surface area contributed by atoms with Crippen LogP contribution < -0.4 is 10.6 Å². The Hall–Kier alpha value is -0.610. The van der Waals surface area contributed by atoms with E-state index in [9.17, 15) is 4.79 Å². The quantitative estimate of drug-likeness (QED) is 0.556. The number of nitrogens with one attached hydrogen (secondary N) is 2. The molecule has 1 heterocycles. The zero-order valence-electron chi connectivity index (χ0n) is 7.62. The first kappa shape index (κ1) is 8.97. The molecule has 1 saturated heterocycles. The monoisotopic (exact) mass is 184 g/mol. The molecule has 1 aliphatic heterocycles. The van der Waals surface area contributed by atoms with Gasteiger partial charge in [-0.05, 0) is 18.8 Å². The molecule has 0 amide bonds. The van der Waals surface area contributed by atoms with E-state index in [2.05, 4.69) is 10.6 Å².